The lowest BCUT2D eigenvalue weighted by molar-refractivity contribution is 0.0163. The fourth-order valence-corrected chi connectivity index (χ4v) is 3.47. The van der Waals surface area contributed by atoms with Gasteiger partial charge in [0, 0.05) is 45.8 Å². The van der Waals surface area contributed by atoms with Crippen LogP contribution in [-0.2, 0) is 9.47 Å². The second-order valence-electron chi connectivity index (χ2n) is 10.1. The summed E-state index contributed by atoms with van der Waals surface area (Å²) < 4.78 is 10.9. The molecule has 0 bridgehead atoms. The number of nitrogens with zero attached hydrogens (tertiary/aromatic N) is 4. The normalized spacial score (nSPS) is 20.8. The molecule has 10 heteroatoms. The second kappa shape index (κ2) is 11.4. The maximum Gasteiger partial charge on any atom is 0.410 e. The predicted octanol–water partition coefficient (Wildman–Crippen LogP) is 3.12. The van der Waals surface area contributed by atoms with Crippen LogP contribution in [0.2, 0.25) is 0 Å². The Kier molecular flexibility index (Phi) is 10.2. The number of amides is 2. The van der Waals surface area contributed by atoms with Crippen LogP contribution in [0.5, 0.6) is 0 Å². The number of ether oxygens (including phenoxy) is 2. The van der Waals surface area contributed by atoms with Crippen LogP contribution in [0.1, 0.15) is 54.4 Å². The van der Waals surface area contributed by atoms with Crippen LogP contribution < -0.4 is 5.73 Å². The molecule has 0 aliphatic carbocycles. The smallest absolute Gasteiger partial charge is 0.410 e. The van der Waals surface area contributed by atoms with E-state index in [-0.39, 0.29) is 42.1 Å². The maximum atomic E-state index is 12.3. The van der Waals surface area contributed by atoms with Gasteiger partial charge in [0.05, 0.1) is 0 Å². The summed E-state index contributed by atoms with van der Waals surface area (Å²) >= 11 is 0. The van der Waals surface area contributed by atoms with Crippen molar-refractivity contribution in [3.05, 3.63) is 0 Å². The first kappa shape index (κ1) is 27.6. The standard InChI is InChI=1S/C21H39N5O4.HI/c1-20(2,3)29-18(27)25-12-10-24(11-13-25)17(22)23-14-16-8-7-9-26(15-16)19(28)30-21(4,5)6;/h16H,7-15H2,1-6H3,(H2,22,23);1H. The van der Waals surface area contributed by atoms with Crippen LogP contribution in [-0.4, -0.2) is 89.9 Å². The van der Waals surface area contributed by atoms with Crippen molar-refractivity contribution >= 4 is 42.1 Å². The summed E-state index contributed by atoms with van der Waals surface area (Å²) in [4.78, 5) is 34.5. The van der Waals surface area contributed by atoms with E-state index in [4.69, 9.17) is 15.2 Å². The van der Waals surface area contributed by atoms with Crippen LogP contribution >= 0.6 is 24.0 Å². The highest BCUT2D eigenvalue weighted by molar-refractivity contribution is 14.0. The largest absolute Gasteiger partial charge is 0.444 e. The van der Waals surface area contributed by atoms with Crippen molar-refractivity contribution < 1.29 is 19.1 Å². The molecule has 0 radical (unpaired) electrons. The molecule has 2 amide bonds. The van der Waals surface area contributed by atoms with Crippen LogP contribution in [0, 0.1) is 5.92 Å². The molecule has 2 aliphatic heterocycles. The number of carbonyl (C=O) groups is 2. The van der Waals surface area contributed by atoms with Crippen LogP contribution in [0.15, 0.2) is 4.99 Å². The Bertz CT molecular complexity index is 637. The zero-order valence-electron chi connectivity index (χ0n) is 19.8. The van der Waals surface area contributed by atoms with Crippen molar-refractivity contribution in [3.63, 3.8) is 0 Å². The molecule has 180 valence electrons. The van der Waals surface area contributed by atoms with Gasteiger partial charge in [-0.05, 0) is 60.3 Å². The lowest BCUT2D eigenvalue weighted by atomic mass is 9.98. The van der Waals surface area contributed by atoms with Crippen LogP contribution in [0.25, 0.3) is 0 Å². The van der Waals surface area contributed by atoms with E-state index in [9.17, 15) is 9.59 Å². The average Bonchev–Trinajstić information content (AvgIpc) is 2.64. The average molecular weight is 553 g/mol. The molecule has 2 aliphatic rings. The van der Waals surface area contributed by atoms with E-state index < -0.39 is 11.2 Å². The highest BCUT2D eigenvalue weighted by Crippen LogP contribution is 2.20. The molecule has 0 aromatic heterocycles. The fourth-order valence-electron chi connectivity index (χ4n) is 3.47. The highest BCUT2D eigenvalue weighted by Gasteiger charge is 2.29. The minimum atomic E-state index is -0.498. The van der Waals surface area contributed by atoms with Gasteiger partial charge in [0.1, 0.15) is 11.2 Å². The van der Waals surface area contributed by atoms with Gasteiger partial charge in [0.25, 0.3) is 0 Å². The number of hydrogen-bond donors (Lipinski definition) is 1. The summed E-state index contributed by atoms with van der Waals surface area (Å²) in [6.45, 7) is 15.5. The Morgan fingerprint density at radius 2 is 1.35 bits per heavy atom. The first-order valence-corrected chi connectivity index (χ1v) is 10.8. The van der Waals surface area contributed by atoms with E-state index in [1.807, 2.05) is 46.4 Å². The van der Waals surface area contributed by atoms with Crippen molar-refractivity contribution in [2.75, 3.05) is 45.8 Å². The first-order valence-electron chi connectivity index (χ1n) is 10.8. The number of guanidine groups is 1. The molecular weight excluding hydrogens is 513 g/mol. The molecule has 0 aromatic rings. The molecule has 2 N–H and O–H groups in total. The molecule has 2 saturated heterocycles. The van der Waals surface area contributed by atoms with Gasteiger partial charge in [-0.2, -0.15) is 0 Å². The molecule has 2 rings (SSSR count). The highest BCUT2D eigenvalue weighted by atomic mass is 127. The van der Waals surface area contributed by atoms with Gasteiger partial charge in [-0.25, -0.2) is 9.59 Å². The molecule has 9 nitrogen and oxygen atoms in total. The SMILES string of the molecule is CC(C)(C)OC(=O)N1CCN(C(N)=NCC2CCCN(C(=O)OC(C)(C)C)C2)CC1.I. The molecule has 31 heavy (non-hydrogen) atoms. The van der Waals surface area contributed by atoms with E-state index in [1.165, 1.54) is 0 Å². The van der Waals surface area contributed by atoms with E-state index >= 15 is 0 Å². The summed E-state index contributed by atoms with van der Waals surface area (Å²) in [6, 6.07) is 0. The molecule has 0 aromatic carbocycles. The van der Waals surface area contributed by atoms with Crippen molar-refractivity contribution in [3.8, 4) is 0 Å². The molecule has 0 saturated carbocycles. The topological polar surface area (TPSA) is 101 Å². The quantitative estimate of drug-likeness (QED) is 0.321. The summed E-state index contributed by atoms with van der Waals surface area (Å²) in [7, 11) is 0. The van der Waals surface area contributed by atoms with Crippen molar-refractivity contribution in [2.45, 2.75) is 65.6 Å². The van der Waals surface area contributed by atoms with Gasteiger partial charge in [-0.1, -0.05) is 0 Å². The number of hydrogen-bond acceptors (Lipinski definition) is 5. The first-order chi connectivity index (χ1) is 13.8. The Morgan fingerprint density at radius 1 is 0.871 bits per heavy atom. The zero-order valence-corrected chi connectivity index (χ0v) is 22.2. The van der Waals surface area contributed by atoms with Crippen molar-refractivity contribution in [1.82, 2.24) is 14.7 Å². The van der Waals surface area contributed by atoms with Gasteiger partial charge in [0.15, 0.2) is 5.96 Å². The van der Waals surface area contributed by atoms with E-state index in [2.05, 4.69) is 4.99 Å². The number of likely N-dealkylation sites (tertiary alicyclic amines) is 1. The van der Waals surface area contributed by atoms with Crippen molar-refractivity contribution in [2.24, 2.45) is 16.6 Å². The predicted molar refractivity (Wildman–Crippen MR) is 132 cm³/mol. The minimum absolute atomic E-state index is 0. The Morgan fingerprint density at radius 3 is 1.87 bits per heavy atom. The van der Waals surface area contributed by atoms with Crippen LogP contribution in [0.3, 0.4) is 0 Å². The van der Waals surface area contributed by atoms with Gasteiger partial charge >= 0.3 is 12.2 Å². The second-order valence-corrected chi connectivity index (χ2v) is 10.1. The van der Waals surface area contributed by atoms with Crippen LogP contribution in [0.4, 0.5) is 9.59 Å². The lowest BCUT2D eigenvalue weighted by Crippen LogP contribution is -2.53. The summed E-state index contributed by atoms with van der Waals surface area (Å²) in [5.41, 5.74) is 5.21. The molecule has 1 unspecified atom stereocenters. The van der Waals surface area contributed by atoms with E-state index in [0.717, 1.165) is 19.4 Å². The molecular formula is C21H40IN5O4. The van der Waals surface area contributed by atoms with E-state index in [1.54, 1.807) is 9.80 Å². The van der Waals surface area contributed by atoms with Gasteiger partial charge in [-0.15, -0.1) is 24.0 Å². The fraction of sp³-hybridized carbons (Fsp3) is 0.857. The number of rotatable bonds is 2. The molecule has 1 atom stereocenters. The Labute approximate surface area is 203 Å². The lowest BCUT2D eigenvalue weighted by Gasteiger charge is -2.36. The third-order valence-electron chi connectivity index (χ3n) is 4.94. The van der Waals surface area contributed by atoms with E-state index in [0.29, 0.717) is 45.2 Å². The number of carbonyl (C=O) groups excluding carboxylic acids is 2. The molecule has 2 fully saturated rings. The number of nitrogens with two attached hydrogens (primary N) is 1. The van der Waals surface area contributed by atoms with Crippen molar-refractivity contribution in [1.29, 1.82) is 0 Å². The van der Waals surface area contributed by atoms with Gasteiger partial charge < -0.3 is 29.9 Å². The molecule has 0 spiro atoms. The minimum Gasteiger partial charge on any atom is -0.444 e. The third kappa shape index (κ3) is 9.69. The number of piperidine rings is 1. The summed E-state index contributed by atoms with van der Waals surface area (Å²) in [5, 5.41) is 0. The Hall–Kier alpha value is -1.46. The monoisotopic (exact) mass is 553 g/mol. The number of halogens is 1. The zero-order chi connectivity index (χ0) is 22.5. The maximum absolute atomic E-state index is 12.3. The molecule has 2 heterocycles. The third-order valence-corrected chi connectivity index (χ3v) is 4.94. The number of piperazine rings is 1. The van der Waals surface area contributed by atoms with Gasteiger partial charge in [-0.3, -0.25) is 4.99 Å². The number of aliphatic imine (C=N–C) groups is 1. The summed E-state index contributed by atoms with van der Waals surface area (Å²) in [5.74, 6) is 0.765. The van der Waals surface area contributed by atoms with Gasteiger partial charge in [0.2, 0.25) is 0 Å². The Balaban J connectivity index is 0.00000480. The summed E-state index contributed by atoms with van der Waals surface area (Å²) in [6.07, 6.45) is 1.40.